The minimum Gasteiger partial charge on any atom is -0.491 e. The molecule has 1 saturated heterocycles. The third-order valence-corrected chi connectivity index (χ3v) is 4.41. The number of benzene rings is 1. The van der Waals surface area contributed by atoms with E-state index in [-0.39, 0.29) is 0 Å². The van der Waals surface area contributed by atoms with Crippen molar-refractivity contribution in [3.63, 3.8) is 0 Å². The number of methoxy groups -OCH3 is 1. The Morgan fingerprint density at radius 1 is 1.08 bits per heavy atom. The van der Waals surface area contributed by atoms with Gasteiger partial charge in [-0.3, -0.25) is 0 Å². The molecule has 0 aromatic heterocycles. The highest BCUT2D eigenvalue weighted by atomic mass is 16.5. The molecule has 1 fully saturated rings. The molecule has 1 aliphatic heterocycles. The number of piperidine rings is 1. The van der Waals surface area contributed by atoms with Crippen molar-refractivity contribution >= 4 is 5.96 Å². The van der Waals surface area contributed by atoms with Gasteiger partial charge in [-0.25, -0.2) is 4.99 Å². The predicted molar refractivity (Wildman–Crippen MR) is 107 cm³/mol. The van der Waals surface area contributed by atoms with Crippen LogP contribution in [0.2, 0.25) is 0 Å². The molecule has 6 heteroatoms. The number of rotatable bonds is 10. The molecule has 1 heterocycles. The number of aliphatic imine (C=N–C) groups is 1. The average molecular weight is 363 g/mol. The van der Waals surface area contributed by atoms with Gasteiger partial charge >= 0.3 is 0 Å². The Morgan fingerprint density at radius 2 is 1.85 bits per heavy atom. The number of likely N-dealkylation sites (tertiary alicyclic amines) is 1. The number of hydrogen-bond acceptors (Lipinski definition) is 4. The standard InChI is InChI=1S/C20H34N4O2/c1-3-21-20(22-11-14-24-12-5-4-6-13-24)23-17-18-7-9-19(10-8-18)26-16-15-25-2/h7-10H,3-6,11-17H2,1-2H3,(H2,21,22,23). The van der Waals surface area contributed by atoms with Crippen LogP contribution in [0.5, 0.6) is 5.75 Å². The number of hydrogen-bond donors (Lipinski definition) is 2. The van der Waals surface area contributed by atoms with Crippen LogP contribution in [0.25, 0.3) is 0 Å². The molecule has 1 aromatic rings. The van der Waals surface area contributed by atoms with E-state index in [0.29, 0.717) is 19.8 Å². The van der Waals surface area contributed by atoms with E-state index in [2.05, 4.69) is 39.6 Å². The lowest BCUT2D eigenvalue weighted by atomic mass is 10.1. The van der Waals surface area contributed by atoms with E-state index in [9.17, 15) is 0 Å². The molecule has 0 spiro atoms. The highest BCUT2D eigenvalue weighted by Crippen LogP contribution is 2.12. The predicted octanol–water partition coefficient (Wildman–Crippen LogP) is 2.25. The largest absolute Gasteiger partial charge is 0.491 e. The average Bonchev–Trinajstić information content (AvgIpc) is 2.68. The van der Waals surface area contributed by atoms with E-state index >= 15 is 0 Å². The third kappa shape index (κ3) is 8.06. The first-order valence-electron chi connectivity index (χ1n) is 9.77. The van der Waals surface area contributed by atoms with E-state index in [0.717, 1.165) is 36.9 Å². The molecular formula is C20H34N4O2. The van der Waals surface area contributed by atoms with Gasteiger partial charge in [-0.1, -0.05) is 18.6 Å². The van der Waals surface area contributed by atoms with Gasteiger partial charge in [-0.15, -0.1) is 0 Å². The summed E-state index contributed by atoms with van der Waals surface area (Å²) in [4.78, 5) is 7.22. The molecule has 0 unspecified atom stereocenters. The number of ether oxygens (including phenoxy) is 2. The summed E-state index contributed by atoms with van der Waals surface area (Å²) in [7, 11) is 1.67. The van der Waals surface area contributed by atoms with Crippen molar-refractivity contribution < 1.29 is 9.47 Å². The van der Waals surface area contributed by atoms with Crippen LogP contribution in [0.4, 0.5) is 0 Å². The molecular weight excluding hydrogens is 328 g/mol. The van der Waals surface area contributed by atoms with Crippen LogP contribution in [0.15, 0.2) is 29.3 Å². The lowest BCUT2D eigenvalue weighted by Crippen LogP contribution is -2.42. The Kier molecular flexibility index (Phi) is 9.90. The van der Waals surface area contributed by atoms with Gasteiger partial charge in [0.25, 0.3) is 0 Å². The van der Waals surface area contributed by atoms with Gasteiger partial charge in [-0.2, -0.15) is 0 Å². The molecule has 0 aliphatic carbocycles. The van der Waals surface area contributed by atoms with E-state index in [1.54, 1.807) is 7.11 Å². The molecule has 26 heavy (non-hydrogen) atoms. The Hall–Kier alpha value is -1.79. The summed E-state index contributed by atoms with van der Waals surface area (Å²) >= 11 is 0. The van der Waals surface area contributed by atoms with Crippen molar-refractivity contribution in [2.75, 3.05) is 53.0 Å². The second-order valence-corrected chi connectivity index (χ2v) is 6.51. The molecule has 2 rings (SSSR count). The van der Waals surface area contributed by atoms with Crippen LogP contribution in [0.1, 0.15) is 31.7 Å². The summed E-state index contributed by atoms with van der Waals surface area (Å²) in [5.74, 6) is 1.74. The lowest BCUT2D eigenvalue weighted by Gasteiger charge is -2.26. The first kappa shape index (κ1) is 20.5. The summed E-state index contributed by atoms with van der Waals surface area (Å²) in [5.41, 5.74) is 1.16. The van der Waals surface area contributed by atoms with Gasteiger partial charge in [0.2, 0.25) is 0 Å². The van der Waals surface area contributed by atoms with Crippen LogP contribution in [0.3, 0.4) is 0 Å². The molecule has 2 N–H and O–H groups in total. The van der Waals surface area contributed by atoms with Gasteiger partial charge in [0.15, 0.2) is 5.96 Å². The minimum absolute atomic E-state index is 0.569. The Labute approximate surface area is 158 Å². The summed E-state index contributed by atoms with van der Waals surface area (Å²) in [5, 5.41) is 6.76. The summed E-state index contributed by atoms with van der Waals surface area (Å²) in [6.07, 6.45) is 4.04. The van der Waals surface area contributed by atoms with Crippen molar-refractivity contribution in [2.45, 2.75) is 32.7 Å². The maximum Gasteiger partial charge on any atom is 0.191 e. The highest BCUT2D eigenvalue weighted by molar-refractivity contribution is 5.79. The lowest BCUT2D eigenvalue weighted by molar-refractivity contribution is 0.146. The van der Waals surface area contributed by atoms with Gasteiger partial charge in [-0.05, 0) is 50.6 Å². The zero-order chi connectivity index (χ0) is 18.5. The quantitative estimate of drug-likeness (QED) is 0.380. The zero-order valence-corrected chi connectivity index (χ0v) is 16.3. The summed E-state index contributed by atoms with van der Waals surface area (Å²) in [6.45, 7) is 9.24. The Bertz CT molecular complexity index is 513. The molecule has 0 radical (unpaired) electrons. The maximum atomic E-state index is 5.59. The van der Waals surface area contributed by atoms with E-state index in [1.807, 2.05) is 12.1 Å². The molecule has 0 amide bonds. The van der Waals surface area contributed by atoms with Gasteiger partial charge in [0.05, 0.1) is 13.2 Å². The van der Waals surface area contributed by atoms with Gasteiger partial charge < -0.3 is 25.0 Å². The molecule has 0 saturated carbocycles. The van der Waals surface area contributed by atoms with Crippen LogP contribution in [0, 0.1) is 0 Å². The number of guanidine groups is 1. The van der Waals surface area contributed by atoms with Crippen molar-refractivity contribution in [3.05, 3.63) is 29.8 Å². The highest BCUT2D eigenvalue weighted by Gasteiger charge is 2.09. The van der Waals surface area contributed by atoms with E-state index in [1.165, 1.54) is 32.4 Å². The summed E-state index contributed by atoms with van der Waals surface area (Å²) < 4.78 is 10.6. The third-order valence-electron chi connectivity index (χ3n) is 4.41. The van der Waals surface area contributed by atoms with E-state index < -0.39 is 0 Å². The molecule has 6 nitrogen and oxygen atoms in total. The maximum absolute atomic E-state index is 5.59. The van der Waals surface area contributed by atoms with Gasteiger partial charge in [0.1, 0.15) is 12.4 Å². The second-order valence-electron chi connectivity index (χ2n) is 6.51. The monoisotopic (exact) mass is 362 g/mol. The fourth-order valence-corrected chi connectivity index (χ4v) is 2.96. The molecule has 1 aliphatic rings. The van der Waals surface area contributed by atoms with Crippen molar-refractivity contribution in [2.24, 2.45) is 4.99 Å². The van der Waals surface area contributed by atoms with Crippen LogP contribution in [-0.2, 0) is 11.3 Å². The van der Waals surface area contributed by atoms with Crippen LogP contribution >= 0.6 is 0 Å². The fourth-order valence-electron chi connectivity index (χ4n) is 2.96. The second kappa shape index (κ2) is 12.5. The summed E-state index contributed by atoms with van der Waals surface area (Å²) in [6, 6.07) is 8.08. The SMILES string of the molecule is CCNC(=NCc1ccc(OCCOC)cc1)NCCN1CCCCC1. The van der Waals surface area contributed by atoms with Crippen LogP contribution < -0.4 is 15.4 Å². The van der Waals surface area contributed by atoms with Gasteiger partial charge in [0, 0.05) is 26.7 Å². The van der Waals surface area contributed by atoms with Crippen molar-refractivity contribution in [1.82, 2.24) is 15.5 Å². The topological polar surface area (TPSA) is 58.1 Å². The van der Waals surface area contributed by atoms with Crippen molar-refractivity contribution in [1.29, 1.82) is 0 Å². The van der Waals surface area contributed by atoms with Crippen molar-refractivity contribution in [3.8, 4) is 5.75 Å². The molecule has 0 bridgehead atoms. The first-order valence-corrected chi connectivity index (χ1v) is 9.77. The first-order chi connectivity index (χ1) is 12.8. The fraction of sp³-hybridized carbons (Fsp3) is 0.650. The number of nitrogens with zero attached hydrogens (tertiary/aromatic N) is 2. The Morgan fingerprint density at radius 3 is 2.54 bits per heavy atom. The zero-order valence-electron chi connectivity index (χ0n) is 16.3. The normalized spacial score (nSPS) is 15.7. The van der Waals surface area contributed by atoms with Crippen LogP contribution in [-0.4, -0.2) is 63.9 Å². The smallest absolute Gasteiger partial charge is 0.191 e. The Balaban J connectivity index is 1.75. The number of nitrogens with one attached hydrogen (secondary N) is 2. The molecule has 1 aromatic carbocycles. The molecule has 0 atom stereocenters. The van der Waals surface area contributed by atoms with E-state index in [4.69, 9.17) is 9.47 Å². The minimum atomic E-state index is 0.569. The molecule has 146 valence electrons.